The lowest BCUT2D eigenvalue weighted by Gasteiger charge is -2.43. The van der Waals surface area contributed by atoms with Gasteiger partial charge in [0, 0.05) is 50.3 Å². The van der Waals surface area contributed by atoms with Gasteiger partial charge in [0.05, 0.1) is 6.54 Å². The van der Waals surface area contributed by atoms with Crippen molar-refractivity contribution in [3.8, 4) is 5.75 Å². The number of amides is 3. The Kier molecular flexibility index (Phi) is 6.40. The molecule has 0 bridgehead atoms. The highest BCUT2D eigenvalue weighted by molar-refractivity contribution is 5.95. The molecular formula is C26H31N3O4. The van der Waals surface area contributed by atoms with Crippen molar-refractivity contribution in [1.82, 2.24) is 9.80 Å². The topological polar surface area (TPSA) is 79.0 Å². The fraction of sp³-hybridized carbons (Fsp3) is 0.423. The maximum atomic E-state index is 13.1. The van der Waals surface area contributed by atoms with Gasteiger partial charge in [-0.05, 0) is 56.0 Å². The summed E-state index contributed by atoms with van der Waals surface area (Å²) >= 11 is 0. The summed E-state index contributed by atoms with van der Waals surface area (Å²) in [5.41, 5.74) is 1.86. The Hall–Kier alpha value is -3.35. The van der Waals surface area contributed by atoms with E-state index in [1.165, 1.54) is 6.92 Å². The van der Waals surface area contributed by atoms with Crippen molar-refractivity contribution in [3.63, 3.8) is 0 Å². The quantitative estimate of drug-likeness (QED) is 0.772. The molecule has 33 heavy (non-hydrogen) atoms. The van der Waals surface area contributed by atoms with Crippen LogP contribution in [0, 0.1) is 0 Å². The summed E-state index contributed by atoms with van der Waals surface area (Å²) in [6.07, 6.45) is 3.16. The molecule has 174 valence electrons. The average molecular weight is 450 g/mol. The lowest BCUT2D eigenvalue weighted by molar-refractivity contribution is -0.132. The van der Waals surface area contributed by atoms with Crippen molar-refractivity contribution in [3.05, 3.63) is 59.7 Å². The lowest BCUT2D eigenvalue weighted by atomic mass is 9.81. The van der Waals surface area contributed by atoms with Crippen molar-refractivity contribution in [2.24, 2.45) is 0 Å². The second-order valence-electron chi connectivity index (χ2n) is 9.17. The summed E-state index contributed by atoms with van der Waals surface area (Å²) in [4.78, 5) is 40.2. The first-order chi connectivity index (χ1) is 15.8. The first-order valence-corrected chi connectivity index (χ1v) is 11.4. The summed E-state index contributed by atoms with van der Waals surface area (Å²) in [7, 11) is 1.85. The zero-order valence-corrected chi connectivity index (χ0v) is 19.5. The number of carbonyl (C=O) groups is 3. The van der Waals surface area contributed by atoms with E-state index in [0.29, 0.717) is 24.3 Å². The number of rotatable bonds is 3. The number of carbonyl (C=O) groups excluding carboxylic acids is 3. The van der Waals surface area contributed by atoms with Crippen LogP contribution in [0.5, 0.6) is 5.75 Å². The summed E-state index contributed by atoms with van der Waals surface area (Å²) in [5, 5.41) is 2.71. The van der Waals surface area contributed by atoms with Crippen molar-refractivity contribution >= 4 is 23.4 Å². The van der Waals surface area contributed by atoms with Crippen LogP contribution >= 0.6 is 0 Å². The van der Waals surface area contributed by atoms with Crippen molar-refractivity contribution in [1.29, 1.82) is 0 Å². The largest absolute Gasteiger partial charge is 0.485 e. The smallest absolute Gasteiger partial charge is 0.253 e. The monoisotopic (exact) mass is 449 g/mol. The number of fused-ring (bicyclic) bond motifs is 1. The molecule has 7 nitrogen and oxygen atoms in total. The van der Waals surface area contributed by atoms with Gasteiger partial charge in [-0.25, -0.2) is 0 Å². The molecular weight excluding hydrogens is 418 g/mol. The highest BCUT2D eigenvalue weighted by atomic mass is 16.5. The normalized spacial score (nSPS) is 22.0. The molecule has 7 heteroatoms. The molecule has 1 spiro atoms. The third-order valence-electron chi connectivity index (χ3n) is 6.77. The second kappa shape index (κ2) is 9.25. The van der Waals surface area contributed by atoms with Crippen molar-refractivity contribution < 1.29 is 19.1 Å². The molecule has 4 rings (SSSR count). The van der Waals surface area contributed by atoms with E-state index in [2.05, 4.69) is 5.32 Å². The van der Waals surface area contributed by atoms with Gasteiger partial charge < -0.3 is 19.9 Å². The molecule has 2 aromatic carbocycles. The number of hydrogen-bond donors (Lipinski definition) is 1. The molecule has 1 saturated carbocycles. The van der Waals surface area contributed by atoms with E-state index in [1.54, 1.807) is 31.2 Å². The number of para-hydroxylation sites is 1. The van der Waals surface area contributed by atoms with Gasteiger partial charge in [-0.1, -0.05) is 18.2 Å². The molecule has 1 aliphatic carbocycles. The van der Waals surface area contributed by atoms with E-state index in [0.717, 1.165) is 37.0 Å². The van der Waals surface area contributed by atoms with E-state index >= 15 is 0 Å². The minimum atomic E-state index is -0.432. The van der Waals surface area contributed by atoms with Crippen molar-refractivity contribution in [2.45, 2.75) is 57.7 Å². The minimum absolute atomic E-state index is 0.0391. The number of ether oxygens (including phenoxy) is 1. The molecule has 1 heterocycles. The van der Waals surface area contributed by atoms with Crippen LogP contribution in [0.2, 0.25) is 0 Å². The molecule has 0 saturated heterocycles. The van der Waals surface area contributed by atoms with Crippen molar-refractivity contribution in [2.75, 3.05) is 18.9 Å². The zero-order chi connectivity index (χ0) is 23.6. The van der Waals surface area contributed by atoms with Gasteiger partial charge in [0.1, 0.15) is 11.4 Å². The predicted molar refractivity (Wildman–Crippen MR) is 126 cm³/mol. The minimum Gasteiger partial charge on any atom is -0.485 e. The van der Waals surface area contributed by atoms with Crippen LogP contribution in [0.3, 0.4) is 0 Å². The molecule has 2 aromatic rings. The van der Waals surface area contributed by atoms with E-state index in [9.17, 15) is 14.4 Å². The average Bonchev–Trinajstić information content (AvgIpc) is 2.95. The fourth-order valence-electron chi connectivity index (χ4n) is 4.88. The van der Waals surface area contributed by atoms with Crippen LogP contribution in [-0.4, -0.2) is 52.8 Å². The summed E-state index contributed by atoms with van der Waals surface area (Å²) in [6.45, 7) is 4.18. The highest BCUT2D eigenvalue weighted by Gasteiger charge is 2.43. The number of anilines is 1. The maximum absolute atomic E-state index is 13.1. The van der Waals surface area contributed by atoms with Crippen LogP contribution in [0.15, 0.2) is 48.5 Å². The third kappa shape index (κ3) is 5.02. The zero-order valence-electron chi connectivity index (χ0n) is 19.5. The van der Waals surface area contributed by atoms with E-state index < -0.39 is 5.60 Å². The molecule has 0 radical (unpaired) electrons. The van der Waals surface area contributed by atoms with E-state index in [1.807, 2.05) is 41.1 Å². The lowest BCUT2D eigenvalue weighted by Crippen LogP contribution is -2.52. The Bertz CT molecular complexity index is 1040. The molecule has 0 atom stereocenters. The molecule has 1 fully saturated rings. The Morgan fingerprint density at radius 3 is 2.33 bits per heavy atom. The van der Waals surface area contributed by atoms with Gasteiger partial charge in [-0.3, -0.25) is 14.4 Å². The van der Waals surface area contributed by atoms with Crippen LogP contribution in [0.4, 0.5) is 5.69 Å². The molecule has 1 aliphatic heterocycles. The summed E-state index contributed by atoms with van der Waals surface area (Å²) in [6, 6.07) is 15.0. The Balaban J connectivity index is 1.44. The maximum Gasteiger partial charge on any atom is 0.253 e. The van der Waals surface area contributed by atoms with Crippen LogP contribution < -0.4 is 10.1 Å². The van der Waals surface area contributed by atoms with Gasteiger partial charge in [-0.2, -0.15) is 0 Å². The third-order valence-corrected chi connectivity index (χ3v) is 6.77. The number of nitrogens with one attached hydrogen (secondary N) is 1. The van der Waals surface area contributed by atoms with Crippen LogP contribution in [0.1, 0.15) is 55.5 Å². The first kappa shape index (κ1) is 22.8. The molecule has 1 N–H and O–H groups in total. The van der Waals surface area contributed by atoms with Crippen LogP contribution in [0.25, 0.3) is 0 Å². The number of nitrogens with zero attached hydrogens (tertiary/aromatic N) is 2. The summed E-state index contributed by atoms with van der Waals surface area (Å²) in [5.74, 6) is 0.715. The van der Waals surface area contributed by atoms with Gasteiger partial charge >= 0.3 is 0 Å². The molecule has 0 aromatic heterocycles. The second-order valence-corrected chi connectivity index (χ2v) is 9.17. The van der Waals surface area contributed by atoms with E-state index in [4.69, 9.17) is 4.74 Å². The Morgan fingerprint density at radius 1 is 1.03 bits per heavy atom. The summed E-state index contributed by atoms with van der Waals surface area (Å²) < 4.78 is 6.55. The Labute approximate surface area is 194 Å². The van der Waals surface area contributed by atoms with Gasteiger partial charge in [0.15, 0.2) is 0 Å². The SMILES string of the molecule is CC(=O)Nc1ccc(C(=O)N(C)C2CCC3(CC2)CN(C(C)=O)Cc2ccccc2O3)cc1. The fourth-order valence-corrected chi connectivity index (χ4v) is 4.88. The molecule has 0 unspecified atom stereocenters. The molecule has 3 amide bonds. The number of hydrogen-bond acceptors (Lipinski definition) is 4. The molecule has 2 aliphatic rings. The van der Waals surface area contributed by atoms with E-state index in [-0.39, 0.29) is 23.8 Å². The predicted octanol–water partition coefficient (Wildman–Crippen LogP) is 3.84. The van der Waals surface area contributed by atoms with Crippen LogP contribution in [-0.2, 0) is 16.1 Å². The standard InChI is InChI=1S/C26H31N3O4/c1-18(30)27-22-10-8-20(9-11-22)25(32)28(3)23-12-14-26(15-13-23)17-29(19(2)31)16-21-6-4-5-7-24(21)33-26/h4-11,23H,12-17H2,1-3H3,(H,27,30). The van der Waals surface area contributed by atoms with Gasteiger partial charge in [-0.15, -0.1) is 0 Å². The van der Waals surface area contributed by atoms with Gasteiger partial charge in [0.2, 0.25) is 11.8 Å². The first-order valence-electron chi connectivity index (χ1n) is 11.4. The Morgan fingerprint density at radius 2 is 1.70 bits per heavy atom. The highest BCUT2D eigenvalue weighted by Crippen LogP contribution is 2.39. The van der Waals surface area contributed by atoms with Gasteiger partial charge in [0.25, 0.3) is 5.91 Å². The number of benzene rings is 2.